The molecule has 2 rings (SSSR count). The summed E-state index contributed by atoms with van der Waals surface area (Å²) >= 11 is 0. The van der Waals surface area contributed by atoms with Crippen LogP contribution in [0.2, 0.25) is 0 Å². The zero-order valence-electron chi connectivity index (χ0n) is 9.67. The van der Waals surface area contributed by atoms with Crippen molar-refractivity contribution in [1.29, 1.82) is 0 Å². The minimum atomic E-state index is -0.466. The van der Waals surface area contributed by atoms with E-state index in [9.17, 15) is 9.59 Å². The SMILES string of the molecule is CCc1cn(-c2cn(CC)c(=O)[nH]c2=O)nn1. The molecule has 0 aliphatic carbocycles. The number of rotatable bonds is 3. The Balaban J connectivity index is 2.58. The van der Waals surface area contributed by atoms with Gasteiger partial charge >= 0.3 is 5.69 Å². The summed E-state index contributed by atoms with van der Waals surface area (Å²) in [6.07, 6.45) is 3.90. The third-order valence-corrected chi connectivity index (χ3v) is 2.48. The molecule has 7 nitrogen and oxygen atoms in total. The first-order valence-electron chi connectivity index (χ1n) is 5.41. The van der Waals surface area contributed by atoms with Gasteiger partial charge in [-0.25, -0.2) is 9.48 Å². The van der Waals surface area contributed by atoms with Crippen LogP contribution < -0.4 is 11.2 Å². The summed E-state index contributed by atoms with van der Waals surface area (Å²) in [7, 11) is 0. The second-order valence-corrected chi connectivity index (χ2v) is 3.57. The maximum absolute atomic E-state index is 11.6. The van der Waals surface area contributed by atoms with Gasteiger partial charge in [-0.1, -0.05) is 12.1 Å². The average Bonchev–Trinajstić information content (AvgIpc) is 2.78. The molecule has 2 aromatic heterocycles. The highest BCUT2D eigenvalue weighted by Gasteiger charge is 2.08. The van der Waals surface area contributed by atoms with Gasteiger partial charge < -0.3 is 0 Å². The summed E-state index contributed by atoms with van der Waals surface area (Å²) in [5.74, 6) is 0. The van der Waals surface area contributed by atoms with Gasteiger partial charge in [-0.3, -0.25) is 14.3 Å². The van der Waals surface area contributed by atoms with Gasteiger partial charge in [0, 0.05) is 12.7 Å². The van der Waals surface area contributed by atoms with Crippen molar-refractivity contribution < 1.29 is 0 Å². The normalized spacial score (nSPS) is 10.7. The van der Waals surface area contributed by atoms with Crippen LogP contribution in [0.1, 0.15) is 19.5 Å². The summed E-state index contributed by atoms with van der Waals surface area (Å²) in [6, 6.07) is 0. The molecule has 1 N–H and O–H groups in total. The van der Waals surface area contributed by atoms with E-state index >= 15 is 0 Å². The smallest absolute Gasteiger partial charge is 0.299 e. The lowest BCUT2D eigenvalue weighted by Gasteiger charge is -2.03. The van der Waals surface area contributed by atoms with Crippen LogP contribution in [0.15, 0.2) is 22.0 Å². The fourth-order valence-corrected chi connectivity index (χ4v) is 1.47. The van der Waals surface area contributed by atoms with Crippen LogP contribution in [0.3, 0.4) is 0 Å². The Kier molecular flexibility index (Phi) is 2.90. The van der Waals surface area contributed by atoms with E-state index in [1.165, 1.54) is 15.4 Å². The average molecular weight is 235 g/mol. The number of H-pyrrole nitrogens is 1. The molecule has 0 aliphatic heterocycles. The van der Waals surface area contributed by atoms with Crippen LogP contribution in [0, 0.1) is 0 Å². The Morgan fingerprint density at radius 3 is 2.65 bits per heavy atom. The predicted molar refractivity (Wildman–Crippen MR) is 61.3 cm³/mol. The molecular weight excluding hydrogens is 222 g/mol. The molecule has 90 valence electrons. The predicted octanol–water partition coefficient (Wildman–Crippen LogP) is -0.300. The Hall–Kier alpha value is -2.18. The molecule has 2 aromatic rings. The summed E-state index contributed by atoms with van der Waals surface area (Å²) < 4.78 is 2.79. The molecule has 0 fully saturated rings. The maximum Gasteiger partial charge on any atom is 0.328 e. The minimum absolute atomic E-state index is 0.290. The van der Waals surface area contributed by atoms with Crippen molar-refractivity contribution in [2.24, 2.45) is 0 Å². The molecule has 0 atom stereocenters. The second kappa shape index (κ2) is 4.36. The molecule has 0 spiro atoms. The topological polar surface area (TPSA) is 85.6 Å². The monoisotopic (exact) mass is 235 g/mol. The van der Waals surface area contributed by atoms with Crippen molar-refractivity contribution in [3.05, 3.63) is 38.9 Å². The van der Waals surface area contributed by atoms with Crippen LogP contribution in [0.25, 0.3) is 5.69 Å². The summed E-state index contributed by atoms with van der Waals surface area (Å²) in [5, 5.41) is 7.76. The molecule has 0 aliphatic rings. The van der Waals surface area contributed by atoms with Crippen molar-refractivity contribution >= 4 is 0 Å². The van der Waals surface area contributed by atoms with Gasteiger partial charge in [0.05, 0.1) is 11.9 Å². The molecule has 7 heteroatoms. The van der Waals surface area contributed by atoms with E-state index in [0.717, 1.165) is 12.1 Å². The number of aromatic amines is 1. The Morgan fingerprint density at radius 1 is 1.29 bits per heavy atom. The fraction of sp³-hybridized carbons (Fsp3) is 0.400. The van der Waals surface area contributed by atoms with Gasteiger partial charge in [-0.15, -0.1) is 5.10 Å². The lowest BCUT2D eigenvalue weighted by atomic mass is 10.4. The first-order valence-corrected chi connectivity index (χ1v) is 5.41. The van der Waals surface area contributed by atoms with E-state index in [4.69, 9.17) is 0 Å². The second-order valence-electron chi connectivity index (χ2n) is 3.57. The first-order chi connectivity index (χ1) is 8.15. The molecule has 0 radical (unpaired) electrons. The first kappa shape index (κ1) is 11.3. The Labute approximate surface area is 96.7 Å². The summed E-state index contributed by atoms with van der Waals surface area (Å²) in [5.41, 5.74) is 0.196. The highest BCUT2D eigenvalue weighted by atomic mass is 16.2. The van der Waals surface area contributed by atoms with Gasteiger partial charge in [0.1, 0.15) is 5.69 Å². The minimum Gasteiger partial charge on any atom is -0.299 e. The third kappa shape index (κ3) is 2.03. The molecule has 0 aromatic carbocycles. The van der Waals surface area contributed by atoms with Crippen molar-refractivity contribution in [2.45, 2.75) is 26.8 Å². The largest absolute Gasteiger partial charge is 0.328 e. The fourth-order valence-electron chi connectivity index (χ4n) is 1.47. The number of aryl methyl sites for hydroxylation is 2. The van der Waals surface area contributed by atoms with E-state index in [0.29, 0.717) is 12.2 Å². The highest BCUT2D eigenvalue weighted by Crippen LogP contribution is 1.99. The molecule has 0 amide bonds. The van der Waals surface area contributed by atoms with E-state index in [-0.39, 0.29) is 0 Å². The van der Waals surface area contributed by atoms with Crippen LogP contribution in [0.4, 0.5) is 0 Å². The summed E-state index contributed by atoms with van der Waals surface area (Å²) in [4.78, 5) is 25.3. The summed E-state index contributed by atoms with van der Waals surface area (Å²) in [6.45, 7) is 4.26. The van der Waals surface area contributed by atoms with Gasteiger partial charge in [-0.05, 0) is 13.3 Å². The van der Waals surface area contributed by atoms with Crippen molar-refractivity contribution in [1.82, 2.24) is 24.5 Å². The van der Waals surface area contributed by atoms with Crippen LogP contribution in [-0.4, -0.2) is 24.5 Å². The zero-order chi connectivity index (χ0) is 12.4. The molecule has 0 saturated heterocycles. The van der Waals surface area contributed by atoms with E-state index in [1.807, 2.05) is 13.8 Å². The van der Waals surface area contributed by atoms with Gasteiger partial charge in [-0.2, -0.15) is 0 Å². The quantitative estimate of drug-likeness (QED) is 0.791. The van der Waals surface area contributed by atoms with Crippen molar-refractivity contribution in [3.63, 3.8) is 0 Å². The zero-order valence-corrected chi connectivity index (χ0v) is 9.67. The van der Waals surface area contributed by atoms with E-state index in [2.05, 4.69) is 15.3 Å². The molecule has 0 unspecified atom stereocenters. The third-order valence-electron chi connectivity index (χ3n) is 2.48. The standard InChI is InChI=1S/C10H13N5O2/c1-3-7-5-15(13-12-7)8-6-14(4-2)10(17)11-9(8)16/h5-6H,3-4H2,1-2H3,(H,11,16,17). The molecule has 2 heterocycles. The van der Waals surface area contributed by atoms with Gasteiger partial charge in [0.25, 0.3) is 5.56 Å². The number of nitrogens with zero attached hydrogens (tertiary/aromatic N) is 4. The van der Waals surface area contributed by atoms with Crippen LogP contribution in [-0.2, 0) is 13.0 Å². The van der Waals surface area contributed by atoms with Gasteiger partial charge in [0.2, 0.25) is 0 Å². The number of aromatic nitrogens is 5. The number of hydrogen-bond donors (Lipinski definition) is 1. The molecule has 0 bridgehead atoms. The Morgan fingerprint density at radius 2 is 2.06 bits per heavy atom. The van der Waals surface area contributed by atoms with Gasteiger partial charge in [0.15, 0.2) is 0 Å². The maximum atomic E-state index is 11.6. The van der Waals surface area contributed by atoms with Crippen LogP contribution in [0.5, 0.6) is 0 Å². The Bertz CT molecular complexity index is 637. The molecular formula is C10H13N5O2. The molecule has 17 heavy (non-hydrogen) atoms. The number of hydrogen-bond acceptors (Lipinski definition) is 4. The van der Waals surface area contributed by atoms with Crippen molar-refractivity contribution in [3.8, 4) is 5.69 Å². The lowest BCUT2D eigenvalue weighted by Crippen LogP contribution is -2.31. The van der Waals surface area contributed by atoms with E-state index in [1.54, 1.807) is 6.20 Å². The highest BCUT2D eigenvalue weighted by molar-refractivity contribution is 5.23. The van der Waals surface area contributed by atoms with Crippen LogP contribution >= 0.6 is 0 Å². The number of nitrogens with one attached hydrogen (secondary N) is 1. The molecule has 0 saturated carbocycles. The van der Waals surface area contributed by atoms with E-state index < -0.39 is 11.2 Å². The van der Waals surface area contributed by atoms with Crippen molar-refractivity contribution in [2.75, 3.05) is 0 Å². The lowest BCUT2D eigenvalue weighted by molar-refractivity contribution is 0.673.